The van der Waals surface area contributed by atoms with Crippen LogP contribution < -0.4 is 11.3 Å². The van der Waals surface area contributed by atoms with Crippen LogP contribution in [0.25, 0.3) is 0 Å². The number of hydrogen-bond acceptors (Lipinski definition) is 3. The Hall–Kier alpha value is -1.29. The average molecular weight is 258 g/mol. The van der Waals surface area contributed by atoms with E-state index in [2.05, 4.69) is 60.2 Å². The van der Waals surface area contributed by atoms with Gasteiger partial charge in [-0.05, 0) is 29.9 Å². The Morgan fingerprint density at radius 3 is 2.39 bits per heavy atom. The lowest BCUT2D eigenvalue weighted by Crippen LogP contribution is -2.30. The number of nitrogens with one attached hydrogen (secondary N) is 1. The Bertz CT molecular complexity index is 485. The third kappa shape index (κ3) is 3.13. The first-order valence-electron chi connectivity index (χ1n) is 5.98. The van der Waals surface area contributed by atoms with Crippen LogP contribution in [-0.4, -0.2) is 6.26 Å². The van der Waals surface area contributed by atoms with Crippen LogP contribution in [0, 0.1) is 0 Å². The van der Waals surface area contributed by atoms with Gasteiger partial charge in [0.15, 0.2) is 0 Å². The molecule has 94 valence electrons. The second-order valence-corrected chi connectivity index (χ2v) is 5.00. The lowest BCUT2D eigenvalue weighted by molar-refractivity contribution is 0.544. The zero-order chi connectivity index (χ0) is 12.8. The Morgan fingerprint density at radius 1 is 1.06 bits per heavy atom. The van der Waals surface area contributed by atoms with Crippen LogP contribution in [0.5, 0.6) is 0 Å². The smallest absolute Gasteiger partial charge is 0.0511 e. The SMILES string of the molecule is CSc1ccccc1C(Cc1ccccc1)NN. The highest BCUT2D eigenvalue weighted by atomic mass is 32.2. The van der Waals surface area contributed by atoms with Crippen LogP contribution in [0.3, 0.4) is 0 Å². The van der Waals surface area contributed by atoms with E-state index < -0.39 is 0 Å². The van der Waals surface area contributed by atoms with Crippen molar-refractivity contribution in [3.05, 3.63) is 65.7 Å². The summed E-state index contributed by atoms with van der Waals surface area (Å²) in [7, 11) is 0. The van der Waals surface area contributed by atoms with Crippen LogP contribution in [0.1, 0.15) is 17.2 Å². The van der Waals surface area contributed by atoms with Crippen molar-refractivity contribution in [2.75, 3.05) is 6.26 Å². The van der Waals surface area contributed by atoms with Gasteiger partial charge in [0.2, 0.25) is 0 Å². The van der Waals surface area contributed by atoms with Crippen molar-refractivity contribution < 1.29 is 0 Å². The first-order chi connectivity index (χ1) is 8.85. The van der Waals surface area contributed by atoms with E-state index in [0.29, 0.717) is 0 Å². The lowest BCUT2D eigenvalue weighted by atomic mass is 9.99. The molecule has 0 spiro atoms. The minimum Gasteiger partial charge on any atom is -0.271 e. The molecule has 1 unspecified atom stereocenters. The van der Waals surface area contributed by atoms with Gasteiger partial charge in [0, 0.05) is 4.90 Å². The zero-order valence-corrected chi connectivity index (χ0v) is 11.3. The summed E-state index contributed by atoms with van der Waals surface area (Å²) >= 11 is 1.75. The van der Waals surface area contributed by atoms with E-state index in [0.717, 1.165) is 6.42 Å². The maximum atomic E-state index is 5.72. The van der Waals surface area contributed by atoms with Gasteiger partial charge in [-0.2, -0.15) is 0 Å². The fourth-order valence-electron chi connectivity index (χ4n) is 2.06. The molecule has 0 saturated carbocycles. The molecule has 0 heterocycles. The summed E-state index contributed by atoms with van der Waals surface area (Å²) in [4.78, 5) is 1.27. The van der Waals surface area contributed by atoms with E-state index in [4.69, 9.17) is 5.84 Å². The molecule has 2 rings (SSSR count). The van der Waals surface area contributed by atoms with E-state index in [9.17, 15) is 0 Å². The molecule has 0 aromatic heterocycles. The summed E-state index contributed by atoms with van der Waals surface area (Å²) in [5.41, 5.74) is 5.48. The zero-order valence-electron chi connectivity index (χ0n) is 10.5. The number of hydrazine groups is 1. The van der Waals surface area contributed by atoms with Gasteiger partial charge in [0.1, 0.15) is 0 Å². The monoisotopic (exact) mass is 258 g/mol. The van der Waals surface area contributed by atoms with Crippen LogP contribution in [0.4, 0.5) is 0 Å². The Balaban J connectivity index is 2.23. The predicted octanol–water partition coefficient (Wildman–Crippen LogP) is 3.16. The fraction of sp³-hybridized carbons (Fsp3) is 0.200. The Labute approximate surface area is 113 Å². The summed E-state index contributed by atoms with van der Waals surface area (Å²) in [6.45, 7) is 0. The summed E-state index contributed by atoms with van der Waals surface area (Å²) in [5, 5.41) is 0. The molecule has 3 N–H and O–H groups in total. The highest BCUT2D eigenvalue weighted by molar-refractivity contribution is 7.98. The van der Waals surface area contributed by atoms with E-state index in [1.807, 2.05) is 6.07 Å². The van der Waals surface area contributed by atoms with Crippen LogP contribution >= 0.6 is 11.8 Å². The molecule has 1 atom stereocenters. The minimum absolute atomic E-state index is 0.149. The first kappa shape index (κ1) is 13.1. The molecule has 0 fully saturated rings. The molecule has 2 nitrogen and oxygen atoms in total. The number of hydrogen-bond donors (Lipinski definition) is 2. The highest BCUT2D eigenvalue weighted by Crippen LogP contribution is 2.27. The topological polar surface area (TPSA) is 38.0 Å². The summed E-state index contributed by atoms with van der Waals surface area (Å²) in [5.74, 6) is 5.72. The Morgan fingerprint density at radius 2 is 1.72 bits per heavy atom. The maximum absolute atomic E-state index is 5.72. The minimum atomic E-state index is 0.149. The van der Waals surface area contributed by atoms with Crippen LogP contribution in [0.15, 0.2) is 59.5 Å². The normalized spacial score (nSPS) is 12.3. The van der Waals surface area contributed by atoms with E-state index in [-0.39, 0.29) is 6.04 Å². The highest BCUT2D eigenvalue weighted by Gasteiger charge is 2.13. The molecule has 0 aliphatic heterocycles. The average Bonchev–Trinajstić information content (AvgIpc) is 2.46. The van der Waals surface area contributed by atoms with Crippen molar-refractivity contribution in [2.45, 2.75) is 17.4 Å². The molecule has 0 bridgehead atoms. The standard InChI is InChI=1S/C15H18N2S/c1-18-15-10-6-5-9-13(15)14(17-16)11-12-7-3-2-4-8-12/h2-10,14,17H,11,16H2,1H3. The second kappa shape index (κ2) is 6.59. The van der Waals surface area contributed by atoms with Crippen molar-refractivity contribution in [2.24, 2.45) is 5.84 Å². The molecular formula is C15H18N2S. The van der Waals surface area contributed by atoms with Gasteiger partial charge in [0.25, 0.3) is 0 Å². The molecule has 2 aromatic rings. The van der Waals surface area contributed by atoms with Crippen LogP contribution in [0.2, 0.25) is 0 Å². The molecule has 0 radical (unpaired) electrons. The lowest BCUT2D eigenvalue weighted by Gasteiger charge is -2.19. The van der Waals surface area contributed by atoms with Crippen molar-refractivity contribution in [1.82, 2.24) is 5.43 Å². The van der Waals surface area contributed by atoms with Gasteiger partial charge in [-0.25, -0.2) is 0 Å². The first-order valence-corrected chi connectivity index (χ1v) is 7.20. The van der Waals surface area contributed by atoms with Crippen LogP contribution in [-0.2, 0) is 6.42 Å². The number of rotatable bonds is 5. The van der Waals surface area contributed by atoms with Gasteiger partial charge in [0.05, 0.1) is 6.04 Å². The van der Waals surface area contributed by atoms with Crippen molar-refractivity contribution in [3.8, 4) is 0 Å². The van der Waals surface area contributed by atoms with Crippen molar-refractivity contribution in [1.29, 1.82) is 0 Å². The maximum Gasteiger partial charge on any atom is 0.0511 e. The molecule has 2 aromatic carbocycles. The van der Waals surface area contributed by atoms with Gasteiger partial charge >= 0.3 is 0 Å². The van der Waals surface area contributed by atoms with Gasteiger partial charge < -0.3 is 0 Å². The second-order valence-electron chi connectivity index (χ2n) is 4.15. The third-order valence-electron chi connectivity index (χ3n) is 3.00. The van der Waals surface area contributed by atoms with E-state index in [1.54, 1.807) is 11.8 Å². The number of benzene rings is 2. The summed E-state index contributed by atoms with van der Waals surface area (Å²) < 4.78 is 0. The van der Waals surface area contributed by atoms with Crippen molar-refractivity contribution >= 4 is 11.8 Å². The molecule has 18 heavy (non-hydrogen) atoms. The van der Waals surface area contributed by atoms with Gasteiger partial charge in [-0.3, -0.25) is 11.3 Å². The van der Waals surface area contributed by atoms with Gasteiger partial charge in [-0.1, -0.05) is 48.5 Å². The van der Waals surface area contributed by atoms with E-state index in [1.165, 1.54) is 16.0 Å². The van der Waals surface area contributed by atoms with E-state index >= 15 is 0 Å². The number of thioether (sulfide) groups is 1. The largest absolute Gasteiger partial charge is 0.271 e. The molecule has 0 saturated heterocycles. The quantitative estimate of drug-likeness (QED) is 0.491. The van der Waals surface area contributed by atoms with Crippen molar-refractivity contribution in [3.63, 3.8) is 0 Å². The summed E-state index contributed by atoms with van der Waals surface area (Å²) in [6, 6.07) is 19.0. The fourth-order valence-corrected chi connectivity index (χ4v) is 2.72. The van der Waals surface area contributed by atoms with Gasteiger partial charge in [-0.15, -0.1) is 11.8 Å². The third-order valence-corrected chi connectivity index (χ3v) is 3.81. The summed E-state index contributed by atoms with van der Waals surface area (Å²) in [6.07, 6.45) is 2.99. The molecule has 0 aliphatic carbocycles. The molecule has 3 heteroatoms. The number of nitrogens with two attached hydrogens (primary N) is 1. The molecule has 0 aliphatic rings. The Kier molecular flexibility index (Phi) is 4.81. The predicted molar refractivity (Wildman–Crippen MR) is 78.4 cm³/mol. The molecular weight excluding hydrogens is 240 g/mol. The molecule has 0 amide bonds.